The molecule has 0 fully saturated rings. The molecule has 0 radical (unpaired) electrons. The standard InChI is InChI=1S/C19H16N4/c1-12-3-4-14-10-21-8-7-16(14)18(12)13-5-6-17-15(9-13)11-22-19(20-2)23-17/h3-11H,1-2H3,(H,20,22,23). The second-order valence-electron chi connectivity index (χ2n) is 5.57. The maximum Gasteiger partial charge on any atom is 0.222 e. The lowest BCUT2D eigenvalue weighted by molar-refractivity contribution is 1.19. The van der Waals surface area contributed by atoms with Crippen molar-refractivity contribution >= 4 is 27.6 Å². The Hall–Kier alpha value is -3.01. The topological polar surface area (TPSA) is 50.7 Å². The van der Waals surface area contributed by atoms with E-state index in [-0.39, 0.29) is 0 Å². The molecule has 23 heavy (non-hydrogen) atoms. The number of fused-ring (bicyclic) bond motifs is 2. The van der Waals surface area contributed by atoms with Crippen LogP contribution in [-0.4, -0.2) is 22.0 Å². The van der Waals surface area contributed by atoms with Gasteiger partial charge in [-0.25, -0.2) is 9.97 Å². The van der Waals surface area contributed by atoms with Crippen LogP contribution in [0.4, 0.5) is 5.95 Å². The van der Waals surface area contributed by atoms with Gasteiger partial charge in [0.15, 0.2) is 0 Å². The summed E-state index contributed by atoms with van der Waals surface area (Å²) in [5.41, 5.74) is 4.60. The van der Waals surface area contributed by atoms with Crippen molar-refractivity contribution in [2.75, 3.05) is 12.4 Å². The van der Waals surface area contributed by atoms with Crippen molar-refractivity contribution in [1.82, 2.24) is 15.0 Å². The van der Waals surface area contributed by atoms with Crippen molar-refractivity contribution in [2.24, 2.45) is 0 Å². The van der Waals surface area contributed by atoms with Crippen LogP contribution in [0.3, 0.4) is 0 Å². The number of anilines is 1. The van der Waals surface area contributed by atoms with Gasteiger partial charge in [0.2, 0.25) is 5.95 Å². The molecule has 1 N–H and O–H groups in total. The quantitative estimate of drug-likeness (QED) is 0.603. The van der Waals surface area contributed by atoms with Gasteiger partial charge in [-0.05, 0) is 47.2 Å². The van der Waals surface area contributed by atoms with Crippen LogP contribution < -0.4 is 5.32 Å². The number of aromatic nitrogens is 3. The molecule has 2 aromatic heterocycles. The molecule has 4 aromatic rings. The van der Waals surface area contributed by atoms with Gasteiger partial charge in [0.1, 0.15) is 0 Å². The van der Waals surface area contributed by atoms with Gasteiger partial charge in [0, 0.05) is 36.4 Å². The minimum Gasteiger partial charge on any atom is -0.357 e. The van der Waals surface area contributed by atoms with Crippen LogP contribution in [0.5, 0.6) is 0 Å². The summed E-state index contributed by atoms with van der Waals surface area (Å²) in [5.74, 6) is 0.637. The minimum atomic E-state index is 0.637. The zero-order chi connectivity index (χ0) is 15.8. The fraction of sp³-hybridized carbons (Fsp3) is 0.105. The first-order valence-corrected chi connectivity index (χ1v) is 7.54. The van der Waals surface area contributed by atoms with Gasteiger partial charge in [0.05, 0.1) is 5.52 Å². The molecular weight excluding hydrogens is 284 g/mol. The lowest BCUT2D eigenvalue weighted by atomic mass is 9.94. The van der Waals surface area contributed by atoms with Gasteiger partial charge < -0.3 is 5.32 Å². The summed E-state index contributed by atoms with van der Waals surface area (Å²) in [7, 11) is 1.82. The Morgan fingerprint density at radius 1 is 0.957 bits per heavy atom. The molecule has 0 saturated heterocycles. The Kier molecular flexibility index (Phi) is 3.15. The minimum absolute atomic E-state index is 0.637. The summed E-state index contributed by atoms with van der Waals surface area (Å²) in [6.07, 6.45) is 5.61. The predicted octanol–water partition coefficient (Wildman–Crippen LogP) is 4.20. The molecule has 0 saturated carbocycles. The van der Waals surface area contributed by atoms with Gasteiger partial charge >= 0.3 is 0 Å². The number of nitrogens with zero attached hydrogens (tertiary/aromatic N) is 3. The van der Waals surface area contributed by atoms with E-state index >= 15 is 0 Å². The van der Waals surface area contributed by atoms with Crippen molar-refractivity contribution in [3.63, 3.8) is 0 Å². The zero-order valence-electron chi connectivity index (χ0n) is 13.0. The largest absolute Gasteiger partial charge is 0.357 e. The first-order valence-electron chi connectivity index (χ1n) is 7.54. The molecule has 0 aliphatic carbocycles. The second-order valence-corrected chi connectivity index (χ2v) is 5.57. The molecule has 4 rings (SSSR count). The smallest absolute Gasteiger partial charge is 0.222 e. The average molecular weight is 300 g/mol. The van der Waals surface area contributed by atoms with E-state index < -0.39 is 0 Å². The van der Waals surface area contributed by atoms with Crippen molar-refractivity contribution < 1.29 is 0 Å². The molecule has 4 nitrogen and oxygen atoms in total. The molecule has 112 valence electrons. The molecule has 0 bridgehead atoms. The number of hydrogen-bond acceptors (Lipinski definition) is 4. The number of benzene rings is 2. The Morgan fingerprint density at radius 3 is 2.74 bits per heavy atom. The van der Waals surface area contributed by atoms with E-state index in [1.807, 2.05) is 31.7 Å². The lowest BCUT2D eigenvalue weighted by Gasteiger charge is -2.11. The number of nitrogens with one attached hydrogen (secondary N) is 1. The number of rotatable bonds is 2. The third kappa shape index (κ3) is 2.28. The summed E-state index contributed by atoms with van der Waals surface area (Å²) < 4.78 is 0. The lowest BCUT2D eigenvalue weighted by Crippen LogP contribution is -1.96. The molecule has 2 heterocycles. The van der Waals surface area contributed by atoms with E-state index in [0.29, 0.717) is 5.95 Å². The van der Waals surface area contributed by atoms with Crippen LogP contribution >= 0.6 is 0 Å². The maximum atomic E-state index is 4.48. The Labute approximate surface area is 134 Å². The van der Waals surface area contributed by atoms with Crippen LogP contribution in [0, 0.1) is 6.92 Å². The number of hydrogen-bond donors (Lipinski definition) is 1. The van der Waals surface area contributed by atoms with Crippen molar-refractivity contribution in [1.29, 1.82) is 0 Å². The highest BCUT2D eigenvalue weighted by molar-refractivity contribution is 5.99. The van der Waals surface area contributed by atoms with Gasteiger partial charge in [-0.1, -0.05) is 18.2 Å². The van der Waals surface area contributed by atoms with Crippen LogP contribution in [-0.2, 0) is 0 Å². The van der Waals surface area contributed by atoms with Crippen molar-refractivity contribution in [3.8, 4) is 11.1 Å². The fourth-order valence-corrected chi connectivity index (χ4v) is 2.97. The van der Waals surface area contributed by atoms with E-state index in [0.717, 1.165) is 16.3 Å². The van der Waals surface area contributed by atoms with Gasteiger partial charge in [0.25, 0.3) is 0 Å². The normalized spacial score (nSPS) is 11.0. The highest BCUT2D eigenvalue weighted by atomic mass is 15.1. The first-order chi connectivity index (χ1) is 11.3. The van der Waals surface area contributed by atoms with Gasteiger partial charge in [-0.3, -0.25) is 4.98 Å². The fourth-order valence-electron chi connectivity index (χ4n) is 2.97. The van der Waals surface area contributed by atoms with E-state index in [1.54, 1.807) is 0 Å². The predicted molar refractivity (Wildman–Crippen MR) is 94.6 cm³/mol. The SMILES string of the molecule is CNc1ncc2cc(-c3c(C)ccc4cnccc34)ccc2n1. The number of aryl methyl sites for hydroxylation is 1. The van der Waals surface area contributed by atoms with Crippen molar-refractivity contribution in [2.45, 2.75) is 6.92 Å². The Balaban J connectivity index is 1.97. The molecular formula is C19H16N4. The summed E-state index contributed by atoms with van der Waals surface area (Å²) in [5, 5.41) is 6.37. The molecule has 0 unspecified atom stereocenters. The third-order valence-corrected chi connectivity index (χ3v) is 4.12. The van der Waals surface area contributed by atoms with E-state index in [1.165, 1.54) is 22.1 Å². The van der Waals surface area contributed by atoms with Crippen LogP contribution in [0.15, 0.2) is 55.0 Å². The highest BCUT2D eigenvalue weighted by Gasteiger charge is 2.09. The summed E-state index contributed by atoms with van der Waals surface area (Å²) in [6.45, 7) is 2.14. The van der Waals surface area contributed by atoms with E-state index in [9.17, 15) is 0 Å². The maximum absolute atomic E-state index is 4.48. The summed E-state index contributed by atoms with van der Waals surface area (Å²) in [6, 6.07) is 12.7. The third-order valence-electron chi connectivity index (χ3n) is 4.12. The zero-order valence-corrected chi connectivity index (χ0v) is 13.0. The van der Waals surface area contributed by atoms with Crippen LogP contribution in [0.2, 0.25) is 0 Å². The average Bonchev–Trinajstić information content (AvgIpc) is 2.60. The Bertz CT molecular complexity index is 1020. The summed E-state index contributed by atoms with van der Waals surface area (Å²) >= 11 is 0. The second kappa shape index (κ2) is 5.32. The van der Waals surface area contributed by atoms with Crippen LogP contribution in [0.1, 0.15) is 5.56 Å². The van der Waals surface area contributed by atoms with Gasteiger partial charge in [-0.2, -0.15) is 0 Å². The molecule has 2 aromatic carbocycles. The molecule has 0 aliphatic heterocycles. The van der Waals surface area contributed by atoms with Crippen molar-refractivity contribution in [3.05, 3.63) is 60.6 Å². The van der Waals surface area contributed by atoms with Crippen LogP contribution in [0.25, 0.3) is 32.8 Å². The summed E-state index contributed by atoms with van der Waals surface area (Å²) in [4.78, 5) is 13.0. The number of pyridine rings is 1. The molecule has 0 aliphatic rings. The monoisotopic (exact) mass is 300 g/mol. The van der Waals surface area contributed by atoms with E-state index in [2.05, 4.69) is 57.5 Å². The van der Waals surface area contributed by atoms with E-state index in [4.69, 9.17) is 0 Å². The Morgan fingerprint density at radius 2 is 1.87 bits per heavy atom. The molecule has 0 spiro atoms. The highest BCUT2D eigenvalue weighted by Crippen LogP contribution is 2.33. The molecule has 4 heteroatoms. The molecule has 0 atom stereocenters. The van der Waals surface area contributed by atoms with Gasteiger partial charge in [-0.15, -0.1) is 0 Å². The first kappa shape index (κ1) is 13.6. The molecule has 0 amide bonds.